The quantitative estimate of drug-likeness (QED) is 0.626. The number of para-hydroxylation sites is 2. The fourth-order valence-corrected chi connectivity index (χ4v) is 2.35. The van der Waals surface area contributed by atoms with Crippen LogP contribution in [0, 0.1) is 6.92 Å². The first-order valence-electron chi connectivity index (χ1n) is 6.46. The van der Waals surface area contributed by atoms with Gasteiger partial charge >= 0.3 is 0 Å². The van der Waals surface area contributed by atoms with Gasteiger partial charge in [-0.15, -0.1) is 11.6 Å². The summed E-state index contributed by atoms with van der Waals surface area (Å²) in [7, 11) is 0. The Labute approximate surface area is 123 Å². The van der Waals surface area contributed by atoms with Crippen LogP contribution in [0.1, 0.15) is 11.3 Å². The molecule has 0 saturated carbocycles. The van der Waals surface area contributed by atoms with Crippen molar-refractivity contribution in [2.75, 3.05) is 0 Å². The molecule has 100 valence electrons. The number of aromatic nitrogens is 1. The van der Waals surface area contributed by atoms with Crippen molar-refractivity contribution in [3.05, 3.63) is 65.9 Å². The highest BCUT2D eigenvalue weighted by atomic mass is 35.5. The summed E-state index contributed by atoms with van der Waals surface area (Å²) in [6.45, 7) is 1.98. The van der Waals surface area contributed by atoms with Crippen LogP contribution < -0.4 is 4.74 Å². The molecule has 0 amide bonds. The predicted octanol–water partition coefficient (Wildman–Crippen LogP) is 5.07. The molecule has 3 heteroatoms. The van der Waals surface area contributed by atoms with Crippen LogP contribution in [0.4, 0.5) is 0 Å². The first-order valence-corrected chi connectivity index (χ1v) is 6.99. The molecule has 0 unspecified atom stereocenters. The molecule has 0 saturated heterocycles. The Bertz CT molecular complexity index is 755. The third-order valence-electron chi connectivity index (χ3n) is 3.16. The van der Waals surface area contributed by atoms with Gasteiger partial charge < -0.3 is 4.74 Å². The maximum absolute atomic E-state index is 6.02. The Kier molecular flexibility index (Phi) is 3.57. The first-order chi connectivity index (χ1) is 9.78. The molecule has 2 aromatic carbocycles. The summed E-state index contributed by atoms with van der Waals surface area (Å²) in [4.78, 5) is 4.57. The van der Waals surface area contributed by atoms with Gasteiger partial charge in [-0.25, -0.2) is 4.98 Å². The molecule has 1 aromatic heterocycles. The smallest absolute Gasteiger partial charge is 0.153 e. The number of rotatable bonds is 3. The van der Waals surface area contributed by atoms with E-state index in [1.165, 1.54) is 0 Å². The number of pyridine rings is 1. The number of ether oxygens (including phenoxy) is 1. The van der Waals surface area contributed by atoms with Crippen molar-refractivity contribution in [1.82, 2.24) is 4.98 Å². The highest BCUT2D eigenvalue weighted by Gasteiger charge is 2.07. The molecule has 1 heterocycles. The Morgan fingerprint density at radius 1 is 0.950 bits per heavy atom. The lowest BCUT2D eigenvalue weighted by molar-refractivity contribution is 0.482. The average Bonchev–Trinajstić information content (AvgIpc) is 2.48. The third-order valence-corrected chi connectivity index (χ3v) is 3.45. The molecule has 0 bridgehead atoms. The van der Waals surface area contributed by atoms with Gasteiger partial charge in [-0.3, -0.25) is 0 Å². The molecule has 0 spiro atoms. The number of fused-ring (bicyclic) bond motifs is 1. The molecular weight excluding hydrogens is 270 g/mol. The summed E-state index contributed by atoms with van der Waals surface area (Å²) in [5, 5.41) is 1.07. The van der Waals surface area contributed by atoms with Crippen LogP contribution >= 0.6 is 11.6 Å². The molecule has 0 N–H and O–H groups in total. The molecule has 20 heavy (non-hydrogen) atoms. The minimum absolute atomic E-state index is 0.424. The van der Waals surface area contributed by atoms with Gasteiger partial charge in [0.2, 0.25) is 0 Å². The maximum atomic E-state index is 6.02. The largest absolute Gasteiger partial charge is 0.455 e. The topological polar surface area (TPSA) is 22.1 Å². The Hall–Kier alpha value is -2.06. The summed E-state index contributed by atoms with van der Waals surface area (Å²) in [6.07, 6.45) is 0. The zero-order valence-corrected chi connectivity index (χ0v) is 11.9. The molecular formula is C17H14ClNO. The summed E-state index contributed by atoms with van der Waals surface area (Å²) >= 11 is 5.95. The second kappa shape index (κ2) is 5.51. The fourth-order valence-electron chi connectivity index (χ4n) is 2.13. The zero-order valence-electron chi connectivity index (χ0n) is 11.1. The molecule has 0 aliphatic heterocycles. The normalized spacial score (nSPS) is 10.7. The Morgan fingerprint density at radius 3 is 2.60 bits per heavy atom. The van der Waals surface area contributed by atoms with Gasteiger partial charge in [-0.05, 0) is 25.1 Å². The van der Waals surface area contributed by atoms with E-state index in [0.29, 0.717) is 5.88 Å². The molecule has 3 rings (SSSR count). The summed E-state index contributed by atoms with van der Waals surface area (Å²) in [6, 6.07) is 17.8. The Morgan fingerprint density at radius 2 is 1.75 bits per heavy atom. The van der Waals surface area contributed by atoms with Crippen molar-refractivity contribution in [2.45, 2.75) is 12.8 Å². The molecule has 0 aliphatic carbocycles. The van der Waals surface area contributed by atoms with Gasteiger partial charge in [-0.1, -0.05) is 36.4 Å². The Balaban J connectivity index is 2.08. The van der Waals surface area contributed by atoms with E-state index in [2.05, 4.69) is 11.1 Å². The number of halogens is 1. The number of hydrogen-bond donors (Lipinski definition) is 0. The van der Waals surface area contributed by atoms with Gasteiger partial charge in [0.05, 0.1) is 5.88 Å². The van der Waals surface area contributed by atoms with Crippen molar-refractivity contribution in [1.29, 1.82) is 0 Å². The lowest BCUT2D eigenvalue weighted by atomic mass is 10.2. The van der Waals surface area contributed by atoms with Crippen LogP contribution in [0.3, 0.4) is 0 Å². The lowest BCUT2D eigenvalue weighted by Gasteiger charge is -2.11. The van der Waals surface area contributed by atoms with Gasteiger partial charge in [0.25, 0.3) is 0 Å². The van der Waals surface area contributed by atoms with Crippen molar-refractivity contribution < 1.29 is 4.74 Å². The molecule has 3 aromatic rings. The second-order valence-electron chi connectivity index (χ2n) is 4.62. The number of hydrogen-bond acceptors (Lipinski definition) is 2. The molecule has 0 radical (unpaired) electrons. The highest BCUT2D eigenvalue weighted by Crippen LogP contribution is 2.31. The average molecular weight is 284 g/mol. The second-order valence-corrected chi connectivity index (χ2v) is 4.89. The number of aryl methyl sites for hydroxylation is 1. The van der Waals surface area contributed by atoms with E-state index < -0.39 is 0 Å². The van der Waals surface area contributed by atoms with Gasteiger partial charge in [-0.2, -0.15) is 0 Å². The maximum Gasteiger partial charge on any atom is 0.153 e. The van der Waals surface area contributed by atoms with E-state index in [4.69, 9.17) is 16.3 Å². The lowest BCUT2D eigenvalue weighted by Crippen LogP contribution is -1.92. The monoisotopic (exact) mass is 283 g/mol. The van der Waals surface area contributed by atoms with E-state index in [0.717, 1.165) is 33.7 Å². The molecule has 0 atom stereocenters. The summed E-state index contributed by atoms with van der Waals surface area (Å²) in [5.41, 5.74) is 2.81. The summed E-state index contributed by atoms with van der Waals surface area (Å²) < 4.78 is 6.02. The van der Waals surface area contributed by atoms with Gasteiger partial charge in [0.15, 0.2) is 5.75 Å². The predicted molar refractivity (Wildman–Crippen MR) is 82.6 cm³/mol. The van der Waals surface area contributed by atoms with Crippen molar-refractivity contribution in [3.8, 4) is 11.5 Å². The van der Waals surface area contributed by atoms with E-state index in [9.17, 15) is 0 Å². The van der Waals surface area contributed by atoms with Crippen molar-refractivity contribution >= 4 is 22.5 Å². The highest BCUT2D eigenvalue weighted by molar-refractivity contribution is 6.17. The standard InChI is InChI=1S/C17H14ClNO/c1-12-9-10-13-6-4-8-16(17(13)19-12)20-15-7-3-2-5-14(15)11-18/h2-10H,11H2,1H3. The molecule has 0 aliphatic rings. The fraction of sp³-hybridized carbons (Fsp3) is 0.118. The minimum atomic E-state index is 0.424. The van der Waals surface area contributed by atoms with Crippen LogP contribution in [-0.4, -0.2) is 4.98 Å². The number of nitrogens with zero attached hydrogens (tertiary/aromatic N) is 1. The SMILES string of the molecule is Cc1ccc2cccc(Oc3ccccc3CCl)c2n1. The van der Waals surface area contributed by atoms with Crippen LogP contribution in [-0.2, 0) is 5.88 Å². The van der Waals surface area contributed by atoms with Crippen molar-refractivity contribution in [2.24, 2.45) is 0 Å². The van der Waals surface area contributed by atoms with E-state index in [1.807, 2.05) is 55.5 Å². The van der Waals surface area contributed by atoms with E-state index in [-0.39, 0.29) is 0 Å². The van der Waals surface area contributed by atoms with Crippen molar-refractivity contribution in [3.63, 3.8) is 0 Å². The van der Waals surface area contributed by atoms with E-state index >= 15 is 0 Å². The van der Waals surface area contributed by atoms with Crippen LogP contribution in [0.2, 0.25) is 0 Å². The van der Waals surface area contributed by atoms with Gasteiger partial charge in [0, 0.05) is 16.6 Å². The van der Waals surface area contributed by atoms with Crippen LogP contribution in [0.15, 0.2) is 54.6 Å². The van der Waals surface area contributed by atoms with E-state index in [1.54, 1.807) is 0 Å². The number of alkyl halides is 1. The van der Waals surface area contributed by atoms with Crippen LogP contribution in [0.25, 0.3) is 10.9 Å². The third kappa shape index (κ3) is 2.47. The molecule has 0 fully saturated rings. The number of benzene rings is 2. The van der Waals surface area contributed by atoms with Gasteiger partial charge in [0.1, 0.15) is 11.3 Å². The van der Waals surface area contributed by atoms with Crippen LogP contribution in [0.5, 0.6) is 11.5 Å². The zero-order chi connectivity index (χ0) is 13.9. The summed E-state index contributed by atoms with van der Waals surface area (Å²) in [5.74, 6) is 1.95. The minimum Gasteiger partial charge on any atom is -0.455 e. The first kappa shape index (κ1) is 12.9. The molecule has 2 nitrogen and oxygen atoms in total.